The van der Waals surface area contributed by atoms with Crippen molar-refractivity contribution in [2.75, 3.05) is 13.2 Å². The van der Waals surface area contributed by atoms with Gasteiger partial charge in [0.1, 0.15) is 6.61 Å². The molecule has 0 bridgehead atoms. The molecule has 0 spiro atoms. The molecular formula is C12H13NO3. The average molecular weight is 219 g/mol. The third kappa shape index (κ3) is 3.28. The Morgan fingerprint density at radius 1 is 1.38 bits per heavy atom. The molecule has 0 radical (unpaired) electrons. The Labute approximate surface area is 94.4 Å². The van der Waals surface area contributed by atoms with E-state index in [1.165, 1.54) is 6.92 Å². The number of carbonyl (C=O) groups excluding carboxylic acids is 1. The van der Waals surface area contributed by atoms with Gasteiger partial charge in [0, 0.05) is 6.07 Å². The molecule has 1 aromatic rings. The lowest BCUT2D eigenvalue weighted by Gasteiger charge is -2.10. The molecule has 0 heterocycles. The van der Waals surface area contributed by atoms with Gasteiger partial charge < -0.3 is 9.47 Å². The molecule has 0 aliphatic rings. The standard InChI is InChI=1S/C12H13NO3/c1-3-15-12-6-10(7-13)4-5-11(12)16-8-9(2)14/h4-6H,3,8H2,1-2H3. The molecule has 0 amide bonds. The molecule has 0 N–H and O–H groups in total. The van der Waals surface area contributed by atoms with Crippen LogP contribution in [0.3, 0.4) is 0 Å². The first kappa shape index (κ1) is 12.1. The van der Waals surface area contributed by atoms with Crippen molar-refractivity contribution in [1.82, 2.24) is 0 Å². The predicted molar refractivity (Wildman–Crippen MR) is 58.5 cm³/mol. The van der Waals surface area contributed by atoms with E-state index in [9.17, 15) is 4.79 Å². The van der Waals surface area contributed by atoms with Crippen LogP contribution in [-0.2, 0) is 4.79 Å². The van der Waals surface area contributed by atoms with Crippen molar-refractivity contribution in [1.29, 1.82) is 5.26 Å². The third-order valence-corrected chi connectivity index (χ3v) is 1.80. The van der Waals surface area contributed by atoms with Crippen molar-refractivity contribution >= 4 is 5.78 Å². The molecule has 1 rings (SSSR count). The molecular weight excluding hydrogens is 206 g/mol. The summed E-state index contributed by atoms with van der Waals surface area (Å²) in [5.74, 6) is 0.908. The van der Waals surface area contributed by atoms with Crippen molar-refractivity contribution in [2.45, 2.75) is 13.8 Å². The van der Waals surface area contributed by atoms with E-state index in [1.54, 1.807) is 18.2 Å². The van der Waals surface area contributed by atoms with Crippen LogP contribution in [0.15, 0.2) is 18.2 Å². The fraction of sp³-hybridized carbons (Fsp3) is 0.333. The van der Waals surface area contributed by atoms with Gasteiger partial charge in [0.05, 0.1) is 18.2 Å². The van der Waals surface area contributed by atoms with Gasteiger partial charge in [-0.05, 0) is 26.0 Å². The van der Waals surface area contributed by atoms with E-state index in [0.29, 0.717) is 23.7 Å². The van der Waals surface area contributed by atoms with E-state index >= 15 is 0 Å². The van der Waals surface area contributed by atoms with Crippen LogP contribution < -0.4 is 9.47 Å². The number of hydrogen-bond donors (Lipinski definition) is 0. The Bertz CT molecular complexity index is 421. The normalized spacial score (nSPS) is 9.31. The maximum atomic E-state index is 10.8. The zero-order valence-electron chi connectivity index (χ0n) is 9.32. The van der Waals surface area contributed by atoms with Gasteiger partial charge in [-0.1, -0.05) is 0 Å². The smallest absolute Gasteiger partial charge is 0.167 e. The van der Waals surface area contributed by atoms with Crippen molar-refractivity contribution in [3.8, 4) is 17.6 Å². The van der Waals surface area contributed by atoms with Crippen LogP contribution in [0, 0.1) is 11.3 Å². The van der Waals surface area contributed by atoms with Gasteiger partial charge >= 0.3 is 0 Å². The molecule has 0 aliphatic heterocycles. The van der Waals surface area contributed by atoms with E-state index in [2.05, 4.69) is 0 Å². The Hall–Kier alpha value is -2.02. The number of nitriles is 1. The minimum absolute atomic E-state index is 0.00593. The second-order valence-corrected chi connectivity index (χ2v) is 3.20. The Morgan fingerprint density at radius 3 is 2.69 bits per heavy atom. The van der Waals surface area contributed by atoms with E-state index in [1.807, 2.05) is 13.0 Å². The molecule has 4 nitrogen and oxygen atoms in total. The molecule has 1 aromatic carbocycles. The van der Waals surface area contributed by atoms with E-state index in [0.717, 1.165) is 0 Å². The first-order valence-electron chi connectivity index (χ1n) is 4.96. The number of carbonyl (C=O) groups is 1. The first-order chi connectivity index (χ1) is 7.67. The highest BCUT2D eigenvalue weighted by molar-refractivity contribution is 5.77. The summed E-state index contributed by atoms with van der Waals surface area (Å²) < 4.78 is 10.6. The second-order valence-electron chi connectivity index (χ2n) is 3.20. The number of ether oxygens (including phenoxy) is 2. The highest BCUT2D eigenvalue weighted by Gasteiger charge is 2.07. The van der Waals surface area contributed by atoms with Crippen LogP contribution in [0.25, 0.3) is 0 Å². The molecule has 0 fully saturated rings. The molecule has 84 valence electrons. The Morgan fingerprint density at radius 2 is 2.12 bits per heavy atom. The van der Waals surface area contributed by atoms with Crippen molar-refractivity contribution in [3.05, 3.63) is 23.8 Å². The SMILES string of the molecule is CCOc1cc(C#N)ccc1OCC(C)=O. The first-order valence-corrected chi connectivity index (χ1v) is 4.96. The Kier molecular flexibility index (Phi) is 4.34. The maximum Gasteiger partial charge on any atom is 0.167 e. The summed E-state index contributed by atoms with van der Waals surface area (Å²) in [6, 6.07) is 6.87. The van der Waals surface area contributed by atoms with Crippen LogP contribution in [0.5, 0.6) is 11.5 Å². The van der Waals surface area contributed by atoms with Crippen molar-refractivity contribution < 1.29 is 14.3 Å². The topological polar surface area (TPSA) is 59.3 Å². The summed E-state index contributed by atoms with van der Waals surface area (Å²) in [4.78, 5) is 10.8. The third-order valence-electron chi connectivity index (χ3n) is 1.80. The minimum atomic E-state index is -0.0631. The van der Waals surface area contributed by atoms with Gasteiger partial charge in [-0.2, -0.15) is 5.26 Å². The molecule has 0 atom stereocenters. The summed E-state index contributed by atoms with van der Waals surface area (Å²) in [6.07, 6.45) is 0. The van der Waals surface area contributed by atoms with Gasteiger partial charge in [0.25, 0.3) is 0 Å². The lowest BCUT2D eigenvalue weighted by molar-refractivity contribution is -0.118. The summed E-state index contributed by atoms with van der Waals surface area (Å²) in [7, 11) is 0. The van der Waals surface area contributed by atoms with E-state index in [-0.39, 0.29) is 12.4 Å². The summed E-state index contributed by atoms with van der Waals surface area (Å²) in [6.45, 7) is 3.77. The largest absolute Gasteiger partial charge is 0.490 e. The van der Waals surface area contributed by atoms with Gasteiger partial charge in [-0.3, -0.25) is 4.79 Å². The molecule has 16 heavy (non-hydrogen) atoms. The second kappa shape index (κ2) is 5.76. The predicted octanol–water partition coefficient (Wildman–Crippen LogP) is 1.92. The highest BCUT2D eigenvalue weighted by Crippen LogP contribution is 2.28. The molecule has 0 aliphatic carbocycles. The van der Waals surface area contributed by atoms with Gasteiger partial charge in [-0.15, -0.1) is 0 Å². The number of hydrogen-bond acceptors (Lipinski definition) is 4. The van der Waals surface area contributed by atoms with Gasteiger partial charge in [0.2, 0.25) is 0 Å². The zero-order valence-corrected chi connectivity index (χ0v) is 9.32. The number of benzene rings is 1. The fourth-order valence-electron chi connectivity index (χ4n) is 1.14. The van der Waals surface area contributed by atoms with Gasteiger partial charge in [0.15, 0.2) is 17.3 Å². The van der Waals surface area contributed by atoms with Crippen LogP contribution in [0.2, 0.25) is 0 Å². The van der Waals surface area contributed by atoms with Gasteiger partial charge in [-0.25, -0.2) is 0 Å². The van der Waals surface area contributed by atoms with Crippen molar-refractivity contribution in [3.63, 3.8) is 0 Å². The molecule has 4 heteroatoms. The van der Waals surface area contributed by atoms with Crippen LogP contribution in [0.1, 0.15) is 19.4 Å². The fourth-order valence-corrected chi connectivity index (χ4v) is 1.14. The number of nitrogens with zero attached hydrogens (tertiary/aromatic N) is 1. The number of Topliss-reactive ketones (excluding diaryl/α,β-unsaturated/α-hetero) is 1. The van der Waals surface area contributed by atoms with E-state index in [4.69, 9.17) is 14.7 Å². The quantitative estimate of drug-likeness (QED) is 0.759. The molecule has 0 aromatic heterocycles. The van der Waals surface area contributed by atoms with Crippen LogP contribution in [0.4, 0.5) is 0 Å². The molecule has 0 saturated carbocycles. The molecule has 0 unspecified atom stereocenters. The molecule has 0 saturated heterocycles. The lowest BCUT2D eigenvalue weighted by atomic mass is 10.2. The zero-order chi connectivity index (χ0) is 12.0. The number of rotatable bonds is 5. The van der Waals surface area contributed by atoms with Crippen LogP contribution >= 0.6 is 0 Å². The van der Waals surface area contributed by atoms with Crippen LogP contribution in [-0.4, -0.2) is 19.0 Å². The van der Waals surface area contributed by atoms with E-state index < -0.39 is 0 Å². The maximum absolute atomic E-state index is 10.8. The van der Waals surface area contributed by atoms with Crippen molar-refractivity contribution in [2.24, 2.45) is 0 Å². The lowest BCUT2D eigenvalue weighted by Crippen LogP contribution is -2.07. The Balaban J connectivity index is 2.89. The summed E-state index contributed by atoms with van der Waals surface area (Å²) in [5.41, 5.74) is 0.499. The summed E-state index contributed by atoms with van der Waals surface area (Å²) >= 11 is 0. The summed E-state index contributed by atoms with van der Waals surface area (Å²) in [5, 5.41) is 8.74. The number of ketones is 1. The minimum Gasteiger partial charge on any atom is -0.490 e. The monoisotopic (exact) mass is 219 g/mol. The highest BCUT2D eigenvalue weighted by atomic mass is 16.5. The average Bonchev–Trinajstić information content (AvgIpc) is 2.27.